The highest BCUT2D eigenvalue weighted by Gasteiger charge is 2.41. The topological polar surface area (TPSA) is 60.9 Å². The molecule has 2 heterocycles. The fourth-order valence-corrected chi connectivity index (χ4v) is 3.29. The van der Waals surface area contributed by atoms with Gasteiger partial charge in [-0.1, -0.05) is 20.8 Å². The molecule has 0 aromatic rings. The van der Waals surface area contributed by atoms with E-state index >= 15 is 0 Å². The maximum atomic E-state index is 12.7. The van der Waals surface area contributed by atoms with Crippen LogP contribution < -0.4 is 0 Å². The van der Waals surface area contributed by atoms with Crippen LogP contribution in [0.4, 0.5) is 0 Å². The van der Waals surface area contributed by atoms with Gasteiger partial charge in [-0.2, -0.15) is 0 Å². The highest BCUT2D eigenvalue weighted by atomic mass is 16.3. The maximum absolute atomic E-state index is 12.7. The molecule has 0 saturated carbocycles. The summed E-state index contributed by atoms with van der Waals surface area (Å²) in [6.07, 6.45) is 2.13. The van der Waals surface area contributed by atoms with Crippen LogP contribution in [0.5, 0.6) is 0 Å². The lowest BCUT2D eigenvalue weighted by Gasteiger charge is -2.32. The van der Waals surface area contributed by atoms with Gasteiger partial charge in [-0.3, -0.25) is 9.59 Å². The molecule has 5 nitrogen and oxygen atoms in total. The highest BCUT2D eigenvalue weighted by Crippen LogP contribution is 2.28. The molecule has 2 rings (SSSR count). The summed E-state index contributed by atoms with van der Waals surface area (Å²) in [6, 6.07) is -0.301. The van der Waals surface area contributed by atoms with Gasteiger partial charge in [0.2, 0.25) is 11.8 Å². The number of hydrogen-bond donors (Lipinski definition) is 1. The van der Waals surface area contributed by atoms with Crippen LogP contribution in [-0.2, 0) is 9.59 Å². The Bertz CT molecular complexity index is 414. The van der Waals surface area contributed by atoms with E-state index in [1.54, 1.807) is 11.8 Å². The second kappa shape index (κ2) is 5.95. The molecule has 120 valence electrons. The number of amides is 2. The van der Waals surface area contributed by atoms with Crippen LogP contribution in [0.2, 0.25) is 0 Å². The van der Waals surface area contributed by atoms with Crippen molar-refractivity contribution in [3.05, 3.63) is 0 Å². The number of nitrogens with zero attached hydrogens (tertiary/aromatic N) is 2. The maximum Gasteiger partial charge on any atom is 0.245 e. The van der Waals surface area contributed by atoms with Crippen LogP contribution in [0.3, 0.4) is 0 Å². The Labute approximate surface area is 127 Å². The molecule has 2 aliphatic rings. The molecular formula is C16H28N2O3. The van der Waals surface area contributed by atoms with Crippen LogP contribution in [-0.4, -0.2) is 58.5 Å². The second-order valence-corrected chi connectivity index (χ2v) is 7.48. The van der Waals surface area contributed by atoms with Crippen molar-refractivity contribution < 1.29 is 14.7 Å². The standard InChI is InChI=1S/C16H28N2O3/c1-11(19)12-7-9-17(10-12)14(20)13-6-5-8-18(13)15(21)16(2,3)4/h11-13,19H,5-10H2,1-4H3. The number of aliphatic hydroxyl groups is 1. The molecule has 3 unspecified atom stereocenters. The Balaban J connectivity index is 2.04. The van der Waals surface area contributed by atoms with Gasteiger partial charge in [-0.05, 0) is 26.2 Å². The average molecular weight is 296 g/mol. The molecule has 0 aromatic heterocycles. The minimum atomic E-state index is -0.448. The molecule has 0 bridgehead atoms. The van der Waals surface area contributed by atoms with Crippen molar-refractivity contribution in [3.8, 4) is 0 Å². The van der Waals surface area contributed by atoms with Gasteiger partial charge in [0.05, 0.1) is 6.10 Å². The fraction of sp³-hybridized carbons (Fsp3) is 0.875. The molecule has 0 spiro atoms. The normalized spacial score (nSPS) is 28.0. The summed E-state index contributed by atoms with van der Waals surface area (Å²) >= 11 is 0. The van der Waals surface area contributed by atoms with Crippen molar-refractivity contribution in [3.63, 3.8) is 0 Å². The fourth-order valence-electron chi connectivity index (χ4n) is 3.29. The molecule has 1 N–H and O–H groups in total. The molecule has 2 saturated heterocycles. The summed E-state index contributed by atoms with van der Waals surface area (Å²) in [4.78, 5) is 28.8. The molecule has 0 radical (unpaired) electrons. The van der Waals surface area contributed by atoms with Crippen molar-refractivity contribution in [1.82, 2.24) is 9.80 Å². The summed E-state index contributed by atoms with van der Waals surface area (Å²) in [6.45, 7) is 9.47. The molecule has 3 atom stereocenters. The second-order valence-electron chi connectivity index (χ2n) is 7.48. The zero-order valence-electron chi connectivity index (χ0n) is 13.6. The lowest BCUT2D eigenvalue weighted by molar-refractivity contribution is -0.148. The van der Waals surface area contributed by atoms with Crippen molar-refractivity contribution in [2.24, 2.45) is 11.3 Å². The number of aliphatic hydroxyl groups excluding tert-OH is 1. The third kappa shape index (κ3) is 3.39. The minimum Gasteiger partial charge on any atom is -0.393 e. The molecular weight excluding hydrogens is 268 g/mol. The lowest BCUT2D eigenvalue weighted by Crippen LogP contribution is -2.50. The summed E-state index contributed by atoms with van der Waals surface area (Å²) in [7, 11) is 0. The summed E-state index contributed by atoms with van der Waals surface area (Å²) < 4.78 is 0. The van der Waals surface area contributed by atoms with Gasteiger partial charge in [0, 0.05) is 31.0 Å². The third-order valence-corrected chi connectivity index (χ3v) is 4.66. The zero-order valence-corrected chi connectivity index (χ0v) is 13.6. The van der Waals surface area contributed by atoms with E-state index in [0.29, 0.717) is 19.6 Å². The first-order chi connectivity index (χ1) is 9.71. The Morgan fingerprint density at radius 3 is 2.38 bits per heavy atom. The minimum absolute atomic E-state index is 0.0598. The van der Waals surface area contributed by atoms with Gasteiger partial charge in [-0.25, -0.2) is 0 Å². The lowest BCUT2D eigenvalue weighted by atomic mass is 9.94. The van der Waals surface area contributed by atoms with Gasteiger partial charge >= 0.3 is 0 Å². The average Bonchev–Trinajstić information content (AvgIpc) is 3.05. The van der Waals surface area contributed by atoms with E-state index in [-0.39, 0.29) is 29.9 Å². The van der Waals surface area contributed by atoms with E-state index < -0.39 is 5.41 Å². The first kappa shape index (κ1) is 16.3. The Morgan fingerprint density at radius 1 is 1.19 bits per heavy atom. The molecule has 2 aliphatic heterocycles. The van der Waals surface area contributed by atoms with Crippen molar-refractivity contribution >= 4 is 11.8 Å². The van der Waals surface area contributed by atoms with Gasteiger partial charge < -0.3 is 14.9 Å². The van der Waals surface area contributed by atoms with E-state index in [1.807, 2.05) is 25.7 Å². The van der Waals surface area contributed by atoms with Crippen molar-refractivity contribution in [2.75, 3.05) is 19.6 Å². The number of likely N-dealkylation sites (tertiary alicyclic amines) is 2. The number of rotatable bonds is 2. The molecule has 0 aromatic carbocycles. The van der Waals surface area contributed by atoms with Crippen molar-refractivity contribution in [2.45, 2.75) is 59.1 Å². The SMILES string of the molecule is CC(O)C1CCN(C(=O)C2CCCN2C(=O)C(C)(C)C)C1. The monoisotopic (exact) mass is 296 g/mol. The van der Waals surface area contributed by atoms with Crippen molar-refractivity contribution in [1.29, 1.82) is 0 Å². The first-order valence-corrected chi connectivity index (χ1v) is 7.99. The smallest absolute Gasteiger partial charge is 0.245 e. The van der Waals surface area contributed by atoms with Gasteiger partial charge in [0.25, 0.3) is 0 Å². The van der Waals surface area contributed by atoms with Crippen LogP contribution in [0, 0.1) is 11.3 Å². The van der Waals surface area contributed by atoms with Gasteiger partial charge in [0.1, 0.15) is 6.04 Å². The Kier molecular flexibility index (Phi) is 4.61. The van der Waals surface area contributed by atoms with E-state index in [0.717, 1.165) is 19.3 Å². The van der Waals surface area contributed by atoms with Gasteiger partial charge in [0.15, 0.2) is 0 Å². The summed E-state index contributed by atoms with van der Waals surface area (Å²) in [5.74, 6) is 0.292. The predicted octanol–water partition coefficient (Wildman–Crippen LogP) is 1.25. The molecule has 2 amide bonds. The van der Waals surface area contributed by atoms with Gasteiger partial charge in [-0.15, -0.1) is 0 Å². The predicted molar refractivity (Wildman–Crippen MR) is 80.6 cm³/mol. The molecule has 5 heteroatoms. The quantitative estimate of drug-likeness (QED) is 0.834. The number of carbonyl (C=O) groups is 2. The molecule has 21 heavy (non-hydrogen) atoms. The number of carbonyl (C=O) groups excluding carboxylic acids is 2. The summed E-state index contributed by atoms with van der Waals surface area (Å²) in [5.41, 5.74) is -0.448. The Hall–Kier alpha value is -1.10. The van der Waals surface area contributed by atoms with Crippen LogP contribution in [0.15, 0.2) is 0 Å². The molecule has 0 aliphatic carbocycles. The largest absolute Gasteiger partial charge is 0.393 e. The summed E-state index contributed by atoms with van der Waals surface area (Å²) in [5, 5.41) is 9.66. The van der Waals surface area contributed by atoms with E-state index in [9.17, 15) is 14.7 Å². The van der Waals surface area contributed by atoms with E-state index in [1.165, 1.54) is 0 Å². The Morgan fingerprint density at radius 2 is 1.86 bits per heavy atom. The van der Waals surface area contributed by atoms with Crippen LogP contribution in [0.25, 0.3) is 0 Å². The first-order valence-electron chi connectivity index (χ1n) is 7.99. The van der Waals surface area contributed by atoms with E-state index in [2.05, 4.69) is 0 Å². The third-order valence-electron chi connectivity index (χ3n) is 4.66. The van der Waals surface area contributed by atoms with E-state index in [4.69, 9.17) is 0 Å². The van der Waals surface area contributed by atoms with Crippen LogP contribution in [0.1, 0.15) is 47.0 Å². The highest BCUT2D eigenvalue weighted by molar-refractivity contribution is 5.90. The number of hydrogen-bond acceptors (Lipinski definition) is 3. The van der Waals surface area contributed by atoms with Crippen LogP contribution >= 0.6 is 0 Å². The zero-order chi connectivity index (χ0) is 15.8. The molecule has 2 fully saturated rings.